The molecular formula is C19H18N4O3. The second-order valence-electron chi connectivity index (χ2n) is 5.31. The van der Waals surface area contributed by atoms with Crippen molar-refractivity contribution in [2.45, 2.75) is 0 Å². The first-order valence-electron chi connectivity index (χ1n) is 7.87. The molecule has 0 saturated heterocycles. The maximum atomic E-state index is 11.9. The monoisotopic (exact) mass is 350 g/mol. The van der Waals surface area contributed by atoms with Crippen LogP contribution in [-0.2, 0) is 4.74 Å². The summed E-state index contributed by atoms with van der Waals surface area (Å²) in [6.45, 7) is 0. The molecule has 3 rings (SSSR count). The van der Waals surface area contributed by atoms with Gasteiger partial charge in [-0.15, -0.1) is 0 Å². The Hall–Kier alpha value is -3.61. The van der Waals surface area contributed by atoms with Crippen LogP contribution >= 0.6 is 0 Å². The lowest BCUT2D eigenvalue weighted by Crippen LogP contribution is -2.06. The number of benzene rings is 2. The number of hydrogen-bond donors (Lipinski definition) is 2. The van der Waals surface area contributed by atoms with E-state index in [-0.39, 0.29) is 0 Å². The largest absolute Gasteiger partial charge is 0.497 e. The predicted molar refractivity (Wildman–Crippen MR) is 99.4 cm³/mol. The van der Waals surface area contributed by atoms with E-state index in [0.717, 1.165) is 11.4 Å². The van der Waals surface area contributed by atoms with Crippen molar-refractivity contribution in [2.75, 3.05) is 24.9 Å². The zero-order valence-electron chi connectivity index (χ0n) is 14.4. The fraction of sp³-hybridized carbons (Fsp3) is 0.105. The number of carbonyl (C=O) groups excluding carboxylic acids is 1. The van der Waals surface area contributed by atoms with Crippen LogP contribution in [-0.4, -0.2) is 30.2 Å². The van der Waals surface area contributed by atoms with Crippen LogP contribution in [0.1, 0.15) is 10.4 Å². The molecule has 26 heavy (non-hydrogen) atoms. The van der Waals surface area contributed by atoms with E-state index in [1.165, 1.54) is 13.4 Å². The van der Waals surface area contributed by atoms with Gasteiger partial charge in [-0.3, -0.25) is 0 Å². The molecule has 7 nitrogen and oxygen atoms in total. The van der Waals surface area contributed by atoms with E-state index in [2.05, 4.69) is 20.6 Å². The Morgan fingerprint density at radius 2 is 1.69 bits per heavy atom. The molecule has 0 spiro atoms. The highest BCUT2D eigenvalue weighted by atomic mass is 16.5. The topological polar surface area (TPSA) is 85.4 Å². The van der Waals surface area contributed by atoms with Crippen LogP contribution in [0.2, 0.25) is 0 Å². The number of aromatic nitrogens is 2. The fourth-order valence-corrected chi connectivity index (χ4v) is 2.36. The molecule has 1 heterocycles. The minimum atomic E-state index is -0.420. The van der Waals surface area contributed by atoms with Crippen LogP contribution < -0.4 is 15.4 Å². The first kappa shape index (κ1) is 17.2. The molecule has 1 aromatic heterocycles. The zero-order chi connectivity index (χ0) is 18.4. The normalized spacial score (nSPS) is 10.1. The van der Waals surface area contributed by atoms with Crippen LogP contribution in [0.5, 0.6) is 5.75 Å². The number of carbonyl (C=O) groups is 1. The van der Waals surface area contributed by atoms with Gasteiger partial charge in [0.1, 0.15) is 23.7 Å². The minimum Gasteiger partial charge on any atom is -0.497 e. The summed E-state index contributed by atoms with van der Waals surface area (Å²) in [5.41, 5.74) is 1.87. The third-order valence-corrected chi connectivity index (χ3v) is 3.60. The van der Waals surface area contributed by atoms with Crippen molar-refractivity contribution in [1.29, 1.82) is 0 Å². The van der Waals surface area contributed by atoms with E-state index in [0.29, 0.717) is 22.9 Å². The first-order valence-corrected chi connectivity index (χ1v) is 7.87. The van der Waals surface area contributed by atoms with Gasteiger partial charge in [0, 0.05) is 17.8 Å². The lowest BCUT2D eigenvalue weighted by atomic mass is 10.2. The van der Waals surface area contributed by atoms with E-state index in [1.807, 2.05) is 30.3 Å². The maximum absolute atomic E-state index is 11.9. The molecule has 3 aromatic rings. The Morgan fingerprint density at radius 1 is 0.923 bits per heavy atom. The Labute approximate surface area is 151 Å². The zero-order valence-corrected chi connectivity index (χ0v) is 14.4. The highest BCUT2D eigenvalue weighted by Crippen LogP contribution is 2.24. The van der Waals surface area contributed by atoms with E-state index in [4.69, 9.17) is 9.47 Å². The van der Waals surface area contributed by atoms with Crippen molar-refractivity contribution in [3.05, 3.63) is 66.5 Å². The number of nitrogens with zero attached hydrogens (tertiary/aromatic N) is 2. The van der Waals surface area contributed by atoms with Crippen LogP contribution in [0.15, 0.2) is 60.9 Å². The summed E-state index contributed by atoms with van der Waals surface area (Å²) < 4.78 is 10.0. The highest BCUT2D eigenvalue weighted by Gasteiger charge is 2.11. The smallest absolute Gasteiger partial charge is 0.339 e. The van der Waals surface area contributed by atoms with Crippen LogP contribution in [0.25, 0.3) is 0 Å². The molecule has 0 aliphatic carbocycles. The van der Waals surface area contributed by atoms with Gasteiger partial charge in [-0.05, 0) is 24.3 Å². The molecule has 0 atom stereocenters. The van der Waals surface area contributed by atoms with Gasteiger partial charge in [0.15, 0.2) is 0 Å². The Balaban J connectivity index is 1.81. The van der Waals surface area contributed by atoms with Crippen molar-refractivity contribution < 1.29 is 14.3 Å². The number of anilines is 4. The standard InChI is InChI=1S/C19H18N4O3/c1-25-14-7-5-6-13(10-14)22-17-11-18(21-12-20-17)23-16-9-4-3-8-15(16)19(24)26-2/h3-12H,1-2H3,(H2,20,21,22,23). The van der Waals surface area contributed by atoms with Gasteiger partial charge >= 0.3 is 5.97 Å². The third kappa shape index (κ3) is 4.07. The lowest BCUT2D eigenvalue weighted by Gasteiger charge is -2.11. The Kier molecular flexibility index (Phi) is 5.28. The number of para-hydroxylation sites is 1. The molecule has 0 radical (unpaired) electrons. The third-order valence-electron chi connectivity index (χ3n) is 3.60. The van der Waals surface area contributed by atoms with Gasteiger partial charge in [0.25, 0.3) is 0 Å². The molecule has 2 N–H and O–H groups in total. The highest BCUT2D eigenvalue weighted by molar-refractivity contribution is 5.96. The molecule has 0 fully saturated rings. The summed E-state index contributed by atoms with van der Waals surface area (Å²) in [4.78, 5) is 20.3. The molecule has 0 unspecified atom stereocenters. The second-order valence-corrected chi connectivity index (χ2v) is 5.31. The lowest BCUT2D eigenvalue weighted by molar-refractivity contribution is 0.0602. The Morgan fingerprint density at radius 3 is 2.46 bits per heavy atom. The average Bonchev–Trinajstić information content (AvgIpc) is 2.68. The summed E-state index contributed by atoms with van der Waals surface area (Å²) >= 11 is 0. The summed E-state index contributed by atoms with van der Waals surface area (Å²) in [6.07, 6.45) is 1.44. The first-order chi connectivity index (χ1) is 12.7. The van der Waals surface area contributed by atoms with E-state index in [9.17, 15) is 4.79 Å². The molecule has 0 aliphatic rings. The Bertz CT molecular complexity index is 915. The van der Waals surface area contributed by atoms with E-state index >= 15 is 0 Å². The van der Waals surface area contributed by atoms with Crippen LogP contribution in [0.4, 0.5) is 23.0 Å². The molecule has 7 heteroatoms. The van der Waals surface area contributed by atoms with E-state index in [1.54, 1.807) is 31.4 Å². The van der Waals surface area contributed by atoms with Crippen LogP contribution in [0, 0.1) is 0 Å². The predicted octanol–water partition coefficient (Wildman–Crippen LogP) is 3.76. The minimum absolute atomic E-state index is 0.420. The maximum Gasteiger partial charge on any atom is 0.339 e. The number of hydrogen-bond acceptors (Lipinski definition) is 7. The van der Waals surface area contributed by atoms with Gasteiger partial charge < -0.3 is 20.1 Å². The molecule has 0 saturated carbocycles. The van der Waals surface area contributed by atoms with Gasteiger partial charge in [-0.25, -0.2) is 14.8 Å². The van der Waals surface area contributed by atoms with Gasteiger partial charge in [0.2, 0.25) is 0 Å². The molecular weight excluding hydrogens is 332 g/mol. The van der Waals surface area contributed by atoms with Crippen molar-refractivity contribution in [3.63, 3.8) is 0 Å². The fourth-order valence-electron chi connectivity index (χ4n) is 2.36. The molecule has 132 valence electrons. The number of nitrogens with one attached hydrogen (secondary N) is 2. The van der Waals surface area contributed by atoms with Gasteiger partial charge in [-0.2, -0.15) is 0 Å². The number of methoxy groups -OCH3 is 2. The average molecular weight is 350 g/mol. The molecule has 2 aromatic carbocycles. The van der Waals surface area contributed by atoms with Gasteiger partial charge in [0.05, 0.1) is 25.5 Å². The quantitative estimate of drug-likeness (QED) is 0.655. The number of ether oxygens (including phenoxy) is 2. The molecule has 0 aliphatic heterocycles. The SMILES string of the molecule is COC(=O)c1ccccc1Nc1cc(Nc2cccc(OC)c2)ncn1. The van der Waals surface area contributed by atoms with Crippen LogP contribution in [0.3, 0.4) is 0 Å². The van der Waals surface area contributed by atoms with Crippen molar-refractivity contribution in [1.82, 2.24) is 9.97 Å². The molecule has 0 bridgehead atoms. The summed E-state index contributed by atoms with van der Waals surface area (Å²) in [7, 11) is 2.96. The second kappa shape index (κ2) is 7.98. The van der Waals surface area contributed by atoms with E-state index < -0.39 is 5.97 Å². The van der Waals surface area contributed by atoms with Gasteiger partial charge in [-0.1, -0.05) is 18.2 Å². The summed E-state index contributed by atoms with van der Waals surface area (Å²) in [6, 6.07) is 16.3. The molecule has 0 amide bonds. The number of rotatable bonds is 6. The number of esters is 1. The van der Waals surface area contributed by atoms with Crippen molar-refractivity contribution in [2.24, 2.45) is 0 Å². The summed E-state index contributed by atoms with van der Waals surface area (Å²) in [5.74, 6) is 1.47. The van der Waals surface area contributed by atoms with Crippen molar-refractivity contribution in [3.8, 4) is 5.75 Å². The summed E-state index contributed by atoms with van der Waals surface area (Å²) in [5, 5.41) is 6.31. The van der Waals surface area contributed by atoms with Crippen molar-refractivity contribution >= 4 is 29.0 Å².